The van der Waals surface area contributed by atoms with E-state index in [1.54, 1.807) is 0 Å². The number of ether oxygens (including phenoxy) is 1. The molecule has 0 aliphatic heterocycles. The van der Waals surface area contributed by atoms with Gasteiger partial charge in [0.2, 0.25) is 5.91 Å². The first-order valence-electron chi connectivity index (χ1n) is 6.51. The molecule has 18 heavy (non-hydrogen) atoms. The Labute approximate surface area is 109 Å². The predicted octanol–water partition coefficient (Wildman–Crippen LogP) is 1.94. The highest BCUT2D eigenvalue weighted by Gasteiger charge is 2.15. The van der Waals surface area contributed by atoms with E-state index in [9.17, 15) is 9.59 Å². The molecule has 1 unspecified atom stereocenters. The van der Waals surface area contributed by atoms with Gasteiger partial charge >= 0.3 is 5.97 Å². The van der Waals surface area contributed by atoms with E-state index in [4.69, 9.17) is 9.84 Å². The summed E-state index contributed by atoms with van der Waals surface area (Å²) >= 11 is 0. The van der Waals surface area contributed by atoms with Gasteiger partial charge in [-0.05, 0) is 25.7 Å². The first kappa shape index (κ1) is 16.9. The average molecular weight is 259 g/mol. The third kappa shape index (κ3) is 11.4. The van der Waals surface area contributed by atoms with Crippen LogP contribution in [0.25, 0.3) is 0 Å². The van der Waals surface area contributed by atoms with Gasteiger partial charge in [0.25, 0.3) is 0 Å². The third-order valence-corrected chi connectivity index (χ3v) is 2.80. The van der Waals surface area contributed by atoms with Crippen molar-refractivity contribution in [3.8, 4) is 0 Å². The van der Waals surface area contributed by atoms with E-state index >= 15 is 0 Å². The largest absolute Gasteiger partial charge is 0.481 e. The van der Waals surface area contributed by atoms with Crippen LogP contribution in [0, 0.1) is 5.92 Å². The Kier molecular flexibility index (Phi) is 9.28. The lowest BCUT2D eigenvalue weighted by Crippen LogP contribution is -2.20. The average Bonchev–Trinajstić information content (AvgIpc) is 2.26. The highest BCUT2D eigenvalue weighted by molar-refractivity contribution is 5.70. The molecular weight excluding hydrogens is 234 g/mol. The standard InChI is InChI=1S/C11H20O3.C2H5NO/c1-9(7-11(12)13)14-8-10-5-3-2-4-6-10;1-2(3)4/h9-10H,2-8H2,1H3,(H,12,13);1H3,(H2,3,4). The van der Waals surface area contributed by atoms with Gasteiger partial charge in [-0.2, -0.15) is 0 Å². The summed E-state index contributed by atoms with van der Waals surface area (Å²) in [6.07, 6.45) is 6.44. The first-order chi connectivity index (χ1) is 8.41. The van der Waals surface area contributed by atoms with Crippen LogP contribution in [0.1, 0.15) is 52.4 Å². The number of nitrogens with two attached hydrogens (primary N) is 1. The van der Waals surface area contributed by atoms with Gasteiger partial charge in [0.1, 0.15) is 0 Å². The van der Waals surface area contributed by atoms with Crippen molar-refractivity contribution in [1.82, 2.24) is 0 Å². The molecule has 5 heteroatoms. The quantitative estimate of drug-likeness (QED) is 0.789. The second-order valence-corrected chi connectivity index (χ2v) is 4.86. The minimum Gasteiger partial charge on any atom is -0.481 e. The van der Waals surface area contributed by atoms with E-state index in [2.05, 4.69) is 5.73 Å². The van der Waals surface area contributed by atoms with Crippen molar-refractivity contribution in [3.63, 3.8) is 0 Å². The molecular formula is C13H25NO4. The number of aliphatic carboxylic acids is 1. The smallest absolute Gasteiger partial charge is 0.305 e. The van der Waals surface area contributed by atoms with Gasteiger partial charge in [-0.25, -0.2) is 0 Å². The van der Waals surface area contributed by atoms with Crippen molar-refractivity contribution in [3.05, 3.63) is 0 Å². The fourth-order valence-corrected chi connectivity index (χ4v) is 1.96. The summed E-state index contributed by atoms with van der Waals surface area (Å²) in [5, 5.41) is 8.54. The Morgan fingerprint density at radius 3 is 2.28 bits per heavy atom. The molecule has 1 saturated carbocycles. The van der Waals surface area contributed by atoms with Gasteiger partial charge in [-0.15, -0.1) is 0 Å². The van der Waals surface area contributed by atoms with Crippen LogP contribution in [0.3, 0.4) is 0 Å². The summed E-state index contributed by atoms with van der Waals surface area (Å²) in [4.78, 5) is 19.6. The van der Waals surface area contributed by atoms with Gasteiger partial charge in [-0.3, -0.25) is 9.59 Å². The molecule has 106 valence electrons. The van der Waals surface area contributed by atoms with Crippen LogP contribution in [0.2, 0.25) is 0 Å². The Hall–Kier alpha value is -1.10. The molecule has 1 aliphatic carbocycles. The second-order valence-electron chi connectivity index (χ2n) is 4.86. The van der Waals surface area contributed by atoms with Crippen molar-refractivity contribution in [2.75, 3.05) is 6.61 Å². The van der Waals surface area contributed by atoms with E-state index < -0.39 is 5.97 Å². The van der Waals surface area contributed by atoms with E-state index in [0.717, 1.165) is 6.61 Å². The van der Waals surface area contributed by atoms with Gasteiger partial charge in [0.15, 0.2) is 0 Å². The highest BCUT2D eigenvalue weighted by Crippen LogP contribution is 2.24. The Morgan fingerprint density at radius 1 is 1.33 bits per heavy atom. The number of carbonyl (C=O) groups is 2. The summed E-state index contributed by atoms with van der Waals surface area (Å²) < 4.78 is 5.51. The van der Waals surface area contributed by atoms with Crippen LogP contribution in [0.4, 0.5) is 0 Å². The van der Waals surface area contributed by atoms with Crippen molar-refractivity contribution < 1.29 is 19.4 Å². The number of rotatable bonds is 5. The Bertz CT molecular complexity index is 245. The molecule has 1 atom stereocenters. The van der Waals surface area contributed by atoms with Gasteiger partial charge in [0.05, 0.1) is 12.5 Å². The predicted molar refractivity (Wildman–Crippen MR) is 69.1 cm³/mol. The number of hydrogen-bond acceptors (Lipinski definition) is 3. The number of carbonyl (C=O) groups excluding carboxylic acids is 1. The Balaban J connectivity index is 0.000000631. The lowest BCUT2D eigenvalue weighted by molar-refractivity contribution is -0.140. The van der Waals surface area contributed by atoms with Crippen LogP contribution in [0.5, 0.6) is 0 Å². The topological polar surface area (TPSA) is 89.6 Å². The normalized spacial score (nSPS) is 17.4. The van der Waals surface area contributed by atoms with Crippen LogP contribution in [0.15, 0.2) is 0 Å². The zero-order chi connectivity index (χ0) is 14.0. The molecule has 0 bridgehead atoms. The number of hydrogen-bond donors (Lipinski definition) is 2. The molecule has 1 fully saturated rings. The van der Waals surface area contributed by atoms with Crippen molar-refractivity contribution in [2.45, 2.75) is 58.5 Å². The Morgan fingerprint density at radius 2 is 1.83 bits per heavy atom. The molecule has 1 aliphatic rings. The lowest BCUT2D eigenvalue weighted by Gasteiger charge is -2.22. The molecule has 1 rings (SSSR count). The SMILES string of the molecule is CC(CC(=O)O)OCC1CCCCC1.CC(N)=O. The van der Waals surface area contributed by atoms with E-state index in [1.807, 2.05) is 6.92 Å². The number of amides is 1. The van der Waals surface area contributed by atoms with Crippen molar-refractivity contribution >= 4 is 11.9 Å². The van der Waals surface area contributed by atoms with Crippen LogP contribution in [-0.2, 0) is 14.3 Å². The zero-order valence-corrected chi connectivity index (χ0v) is 11.4. The molecule has 3 N–H and O–H groups in total. The molecule has 0 aromatic carbocycles. The molecule has 0 spiro atoms. The van der Waals surface area contributed by atoms with Crippen molar-refractivity contribution in [1.29, 1.82) is 0 Å². The number of primary amides is 1. The molecule has 0 aromatic rings. The maximum atomic E-state index is 10.4. The molecule has 0 aromatic heterocycles. The minimum atomic E-state index is -0.777. The molecule has 5 nitrogen and oxygen atoms in total. The van der Waals surface area contributed by atoms with Gasteiger partial charge in [-0.1, -0.05) is 19.3 Å². The van der Waals surface area contributed by atoms with Crippen molar-refractivity contribution in [2.24, 2.45) is 11.7 Å². The van der Waals surface area contributed by atoms with E-state index in [1.165, 1.54) is 39.0 Å². The van der Waals surface area contributed by atoms with Crippen LogP contribution >= 0.6 is 0 Å². The van der Waals surface area contributed by atoms with Gasteiger partial charge < -0.3 is 15.6 Å². The lowest BCUT2D eigenvalue weighted by atomic mass is 9.90. The maximum absolute atomic E-state index is 10.4. The van der Waals surface area contributed by atoms with Gasteiger partial charge in [0, 0.05) is 13.5 Å². The maximum Gasteiger partial charge on any atom is 0.305 e. The fourth-order valence-electron chi connectivity index (χ4n) is 1.96. The summed E-state index contributed by atoms with van der Waals surface area (Å²) in [6.45, 7) is 3.88. The molecule has 0 radical (unpaired) electrons. The minimum absolute atomic E-state index is 0.118. The summed E-state index contributed by atoms with van der Waals surface area (Å²) in [5.74, 6) is -0.443. The summed E-state index contributed by atoms with van der Waals surface area (Å²) in [5.41, 5.74) is 4.47. The molecule has 0 heterocycles. The zero-order valence-electron chi connectivity index (χ0n) is 11.4. The van der Waals surface area contributed by atoms with E-state index in [-0.39, 0.29) is 18.4 Å². The number of carboxylic acid groups (broad SMARTS) is 1. The molecule has 1 amide bonds. The monoisotopic (exact) mass is 259 g/mol. The van der Waals surface area contributed by atoms with E-state index in [0.29, 0.717) is 5.92 Å². The number of carboxylic acids is 1. The first-order valence-corrected chi connectivity index (χ1v) is 6.51. The second kappa shape index (κ2) is 9.88. The third-order valence-electron chi connectivity index (χ3n) is 2.80. The van der Waals surface area contributed by atoms with Crippen LogP contribution < -0.4 is 5.73 Å². The summed E-state index contributed by atoms with van der Waals surface area (Å²) in [7, 11) is 0. The molecule has 0 saturated heterocycles. The van der Waals surface area contributed by atoms with Crippen LogP contribution in [-0.4, -0.2) is 29.7 Å². The highest BCUT2D eigenvalue weighted by atomic mass is 16.5. The fraction of sp³-hybridized carbons (Fsp3) is 0.846. The summed E-state index contributed by atoms with van der Waals surface area (Å²) in [6, 6.07) is 0.